The molecule has 110 valence electrons. The molecule has 1 atom stereocenters. The minimum absolute atomic E-state index is 0.0652. The molecule has 1 aromatic rings. The fraction of sp³-hybridized carbons (Fsp3) is 0.467. The van der Waals surface area contributed by atoms with Crippen molar-refractivity contribution < 1.29 is 14.7 Å². The Morgan fingerprint density at radius 3 is 2.55 bits per heavy atom. The molecule has 0 saturated carbocycles. The maximum atomic E-state index is 12.0. The van der Waals surface area contributed by atoms with Crippen molar-refractivity contribution in [2.24, 2.45) is 11.1 Å². The quantitative estimate of drug-likeness (QED) is 0.616. The van der Waals surface area contributed by atoms with Gasteiger partial charge in [0.05, 0.1) is 11.8 Å². The molecule has 1 amide bonds. The number of hydrogen-bond donors (Lipinski definition) is 2. The highest BCUT2D eigenvalue weighted by Gasteiger charge is 2.25. The van der Waals surface area contributed by atoms with Crippen LogP contribution in [0.2, 0.25) is 0 Å². The summed E-state index contributed by atoms with van der Waals surface area (Å²) in [6, 6.07) is 6.96. The van der Waals surface area contributed by atoms with E-state index in [0.717, 1.165) is 5.56 Å². The molecule has 1 rings (SSSR count). The second kappa shape index (κ2) is 7.05. The zero-order valence-corrected chi connectivity index (χ0v) is 12.4. The van der Waals surface area contributed by atoms with Crippen molar-refractivity contribution in [3.8, 4) is 0 Å². The highest BCUT2D eigenvalue weighted by Crippen LogP contribution is 2.14. The van der Waals surface area contributed by atoms with Crippen LogP contribution >= 0.6 is 0 Å². The molecule has 0 saturated heterocycles. The first-order valence-corrected chi connectivity index (χ1v) is 6.54. The summed E-state index contributed by atoms with van der Waals surface area (Å²) in [7, 11) is 1.47. The minimum Gasteiger partial charge on any atom is -0.399 e. The number of benzene rings is 1. The molecule has 0 aromatic heterocycles. The van der Waals surface area contributed by atoms with Gasteiger partial charge in [-0.3, -0.25) is 4.79 Å². The van der Waals surface area contributed by atoms with Crippen LogP contribution < -0.4 is 5.32 Å². The second-order valence-electron chi connectivity index (χ2n) is 5.23. The summed E-state index contributed by atoms with van der Waals surface area (Å²) in [5.74, 6) is -0.142. The van der Waals surface area contributed by atoms with Gasteiger partial charge in [0.1, 0.15) is 7.11 Å². The van der Waals surface area contributed by atoms with Gasteiger partial charge in [0.15, 0.2) is 0 Å². The number of rotatable bonds is 6. The third-order valence-corrected chi connectivity index (χ3v) is 3.33. The SMILES string of the molecule is CON=Cc1ccc(C(=O)NCC(C)(O)C(C)C)cc1. The van der Waals surface area contributed by atoms with Crippen LogP contribution in [0.5, 0.6) is 0 Å². The molecule has 0 fully saturated rings. The van der Waals surface area contributed by atoms with E-state index in [4.69, 9.17) is 0 Å². The highest BCUT2D eigenvalue weighted by molar-refractivity contribution is 5.95. The van der Waals surface area contributed by atoms with Crippen molar-refractivity contribution in [1.82, 2.24) is 5.32 Å². The van der Waals surface area contributed by atoms with Gasteiger partial charge in [-0.2, -0.15) is 0 Å². The van der Waals surface area contributed by atoms with Gasteiger partial charge >= 0.3 is 0 Å². The van der Waals surface area contributed by atoms with Crippen molar-refractivity contribution in [3.63, 3.8) is 0 Å². The Balaban J connectivity index is 2.62. The highest BCUT2D eigenvalue weighted by atomic mass is 16.6. The molecule has 5 heteroatoms. The minimum atomic E-state index is -0.916. The molecule has 1 unspecified atom stereocenters. The second-order valence-corrected chi connectivity index (χ2v) is 5.23. The molecule has 0 radical (unpaired) electrons. The Bertz CT molecular complexity index is 465. The van der Waals surface area contributed by atoms with E-state index in [2.05, 4.69) is 15.3 Å². The summed E-state index contributed by atoms with van der Waals surface area (Å²) in [6.45, 7) is 5.75. The third kappa shape index (κ3) is 4.66. The maximum Gasteiger partial charge on any atom is 0.251 e. The number of carbonyl (C=O) groups excluding carboxylic acids is 1. The number of oxime groups is 1. The van der Waals surface area contributed by atoms with Crippen LogP contribution in [-0.4, -0.2) is 36.5 Å². The molecule has 0 spiro atoms. The molecule has 0 aliphatic rings. The van der Waals surface area contributed by atoms with E-state index < -0.39 is 5.60 Å². The van der Waals surface area contributed by atoms with Gasteiger partial charge in [0.25, 0.3) is 5.91 Å². The van der Waals surface area contributed by atoms with E-state index in [-0.39, 0.29) is 18.4 Å². The standard InChI is InChI=1S/C15H22N2O3/c1-11(2)15(3,19)10-16-14(18)13-7-5-12(6-8-13)9-17-20-4/h5-9,11,19H,10H2,1-4H3,(H,16,18). The van der Waals surface area contributed by atoms with Crippen LogP contribution in [0, 0.1) is 5.92 Å². The molecular weight excluding hydrogens is 256 g/mol. The van der Waals surface area contributed by atoms with Crippen LogP contribution in [0.25, 0.3) is 0 Å². The Labute approximate surface area is 119 Å². The molecule has 0 aliphatic carbocycles. The van der Waals surface area contributed by atoms with E-state index in [0.29, 0.717) is 5.56 Å². The van der Waals surface area contributed by atoms with Gasteiger partial charge in [0.2, 0.25) is 0 Å². The average Bonchev–Trinajstić information content (AvgIpc) is 2.43. The van der Waals surface area contributed by atoms with Crippen LogP contribution in [0.3, 0.4) is 0 Å². The summed E-state index contributed by atoms with van der Waals surface area (Å²) >= 11 is 0. The molecule has 20 heavy (non-hydrogen) atoms. The molecule has 0 heterocycles. The van der Waals surface area contributed by atoms with E-state index >= 15 is 0 Å². The number of carbonyl (C=O) groups is 1. The zero-order valence-electron chi connectivity index (χ0n) is 12.4. The molecule has 0 bridgehead atoms. The van der Waals surface area contributed by atoms with Gasteiger partial charge in [-0.05, 0) is 30.5 Å². The summed E-state index contributed by atoms with van der Waals surface area (Å²) < 4.78 is 0. The van der Waals surface area contributed by atoms with Crippen LogP contribution in [-0.2, 0) is 4.84 Å². The predicted octanol–water partition coefficient (Wildman–Crippen LogP) is 1.80. The van der Waals surface area contributed by atoms with Crippen molar-refractivity contribution >= 4 is 12.1 Å². The Morgan fingerprint density at radius 1 is 1.45 bits per heavy atom. The van der Waals surface area contributed by atoms with E-state index in [1.54, 1.807) is 37.4 Å². The fourth-order valence-electron chi connectivity index (χ4n) is 1.40. The normalized spacial score (nSPS) is 14.3. The topological polar surface area (TPSA) is 70.9 Å². The number of hydrogen-bond acceptors (Lipinski definition) is 4. The molecule has 5 nitrogen and oxygen atoms in total. The monoisotopic (exact) mass is 278 g/mol. The zero-order chi connectivity index (χ0) is 15.2. The fourth-order valence-corrected chi connectivity index (χ4v) is 1.40. The lowest BCUT2D eigenvalue weighted by Gasteiger charge is -2.27. The lowest BCUT2D eigenvalue weighted by Crippen LogP contribution is -2.44. The smallest absolute Gasteiger partial charge is 0.251 e. The largest absolute Gasteiger partial charge is 0.399 e. The maximum absolute atomic E-state index is 12.0. The van der Waals surface area contributed by atoms with Crippen molar-refractivity contribution in [1.29, 1.82) is 0 Å². The van der Waals surface area contributed by atoms with E-state index in [1.807, 2.05) is 13.8 Å². The lowest BCUT2D eigenvalue weighted by molar-refractivity contribution is 0.0142. The van der Waals surface area contributed by atoms with Gasteiger partial charge in [-0.15, -0.1) is 0 Å². The van der Waals surface area contributed by atoms with Crippen LogP contribution in [0.1, 0.15) is 36.7 Å². The first-order chi connectivity index (χ1) is 9.36. The first-order valence-electron chi connectivity index (χ1n) is 6.54. The first kappa shape index (κ1) is 16.2. The van der Waals surface area contributed by atoms with Gasteiger partial charge in [0, 0.05) is 12.1 Å². The molecule has 1 aromatic carbocycles. The van der Waals surface area contributed by atoms with Crippen LogP contribution in [0.4, 0.5) is 0 Å². The summed E-state index contributed by atoms with van der Waals surface area (Å²) in [4.78, 5) is 16.5. The Morgan fingerprint density at radius 2 is 2.05 bits per heavy atom. The van der Waals surface area contributed by atoms with Crippen molar-refractivity contribution in [2.75, 3.05) is 13.7 Å². The molecule has 2 N–H and O–H groups in total. The summed E-state index contributed by atoms with van der Waals surface area (Å²) in [5, 5.41) is 16.5. The number of amides is 1. The Kier molecular flexibility index (Phi) is 5.70. The lowest BCUT2D eigenvalue weighted by atomic mass is 9.92. The third-order valence-electron chi connectivity index (χ3n) is 3.33. The number of nitrogens with zero attached hydrogens (tertiary/aromatic N) is 1. The average molecular weight is 278 g/mol. The Hall–Kier alpha value is -1.88. The van der Waals surface area contributed by atoms with E-state index in [1.165, 1.54) is 7.11 Å². The van der Waals surface area contributed by atoms with Crippen molar-refractivity contribution in [2.45, 2.75) is 26.4 Å². The molecule has 0 aliphatic heterocycles. The van der Waals surface area contributed by atoms with Gasteiger partial charge in [-0.25, -0.2) is 0 Å². The molecular formula is C15H22N2O3. The van der Waals surface area contributed by atoms with E-state index in [9.17, 15) is 9.90 Å². The number of nitrogens with one attached hydrogen (secondary N) is 1. The number of aliphatic hydroxyl groups is 1. The summed E-state index contributed by atoms with van der Waals surface area (Å²) in [5.41, 5.74) is 0.470. The predicted molar refractivity (Wildman–Crippen MR) is 78.8 cm³/mol. The van der Waals surface area contributed by atoms with Gasteiger partial charge in [-0.1, -0.05) is 31.1 Å². The summed E-state index contributed by atoms with van der Waals surface area (Å²) in [6.07, 6.45) is 1.56. The van der Waals surface area contributed by atoms with Crippen LogP contribution in [0.15, 0.2) is 29.4 Å². The van der Waals surface area contributed by atoms with Gasteiger partial charge < -0.3 is 15.3 Å². The van der Waals surface area contributed by atoms with Crippen molar-refractivity contribution in [3.05, 3.63) is 35.4 Å².